The predicted molar refractivity (Wildman–Crippen MR) is 57.9 cm³/mol. The standard InChI is InChI=1S/C12H11NO4/c1-17-10-5-9(14)7(6-13)4-8(10)12(2-3-12)11(15)16/h4-5,14H,2-3H2,1H3,(H,15,16). The Hall–Kier alpha value is -2.22. The van der Waals surface area contributed by atoms with Crippen molar-refractivity contribution in [1.29, 1.82) is 5.26 Å². The Labute approximate surface area is 97.9 Å². The molecule has 1 aromatic carbocycles. The Morgan fingerprint density at radius 2 is 2.18 bits per heavy atom. The van der Waals surface area contributed by atoms with E-state index in [-0.39, 0.29) is 11.3 Å². The lowest BCUT2D eigenvalue weighted by Gasteiger charge is -2.15. The van der Waals surface area contributed by atoms with E-state index >= 15 is 0 Å². The molecule has 5 nitrogen and oxygen atoms in total. The smallest absolute Gasteiger partial charge is 0.314 e. The molecule has 0 aliphatic heterocycles. The van der Waals surface area contributed by atoms with Crippen LogP contribution in [-0.2, 0) is 10.2 Å². The maximum atomic E-state index is 11.2. The highest BCUT2D eigenvalue weighted by Crippen LogP contribution is 2.52. The van der Waals surface area contributed by atoms with Crippen molar-refractivity contribution in [2.24, 2.45) is 0 Å². The van der Waals surface area contributed by atoms with Gasteiger partial charge in [0, 0.05) is 11.6 Å². The summed E-state index contributed by atoms with van der Waals surface area (Å²) in [6, 6.07) is 4.51. The summed E-state index contributed by atoms with van der Waals surface area (Å²) in [5.41, 5.74) is -0.430. The van der Waals surface area contributed by atoms with E-state index in [0.717, 1.165) is 0 Å². The van der Waals surface area contributed by atoms with Crippen molar-refractivity contribution in [1.82, 2.24) is 0 Å². The monoisotopic (exact) mass is 233 g/mol. The average Bonchev–Trinajstić information content (AvgIpc) is 3.09. The molecule has 0 unspecified atom stereocenters. The van der Waals surface area contributed by atoms with Crippen LogP contribution in [0.15, 0.2) is 12.1 Å². The zero-order valence-electron chi connectivity index (χ0n) is 9.23. The topological polar surface area (TPSA) is 90.5 Å². The van der Waals surface area contributed by atoms with Gasteiger partial charge >= 0.3 is 5.97 Å². The van der Waals surface area contributed by atoms with Crippen LogP contribution in [-0.4, -0.2) is 23.3 Å². The van der Waals surface area contributed by atoms with E-state index in [1.807, 2.05) is 6.07 Å². The Kier molecular flexibility index (Phi) is 2.43. The number of phenols is 1. The van der Waals surface area contributed by atoms with Crippen LogP contribution < -0.4 is 4.74 Å². The third-order valence-corrected chi connectivity index (χ3v) is 3.11. The van der Waals surface area contributed by atoms with Crippen molar-refractivity contribution in [3.63, 3.8) is 0 Å². The fourth-order valence-corrected chi connectivity index (χ4v) is 1.92. The summed E-state index contributed by atoms with van der Waals surface area (Å²) in [7, 11) is 1.41. The lowest BCUT2D eigenvalue weighted by Crippen LogP contribution is -2.20. The van der Waals surface area contributed by atoms with Crippen molar-refractivity contribution in [3.8, 4) is 17.6 Å². The average molecular weight is 233 g/mol. The van der Waals surface area contributed by atoms with Gasteiger partial charge in [0.25, 0.3) is 0 Å². The first kappa shape index (κ1) is 11.3. The molecule has 1 fully saturated rings. The number of hydrogen-bond donors (Lipinski definition) is 2. The molecule has 5 heteroatoms. The van der Waals surface area contributed by atoms with Gasteiger partial charge in [-0.05, 0) is 18.9 Å². The number of carbonyl (C=O) groups is 1. The lowest BCUT2D eigenvalue weighted by molar-refractivity contribution is -0.140. The summed E-state index contributed by atoms with van der Waals surface area (Å²) >= 11 is 0. The van der Waals surface area contributed by atoms with Crippen LogP contribution in [0.2, 0.25) is 0 Å². The Bertz CT molecular complexity index is 526. The van der Waals surface area contributed by atoms with Gasteiger partial charge in [0.2, 0.25) is 0 Å². The molecule has 2 N–H and O–H groups in total. The molecule has 1 aliphatic carbocycles. The fraction of sp³-hybridized carbons (Fsp3) is 0.333. The number of ether oxygens (including phenoxy) is 1. The molecular weight excluding hydrogens is 222 g/mol. The van der Waals surface area contributed by atoms with Crippen LogP contribution in [0.4, 0.5) is 0 Å². The largest absolute Gasteiger partial charge is 0.506 e. The minimum Gasteiger partial charge on any atom is -0.506 e. The van der Waals surface area contributed by atoms with Crippen LogP contribution in [0.1, 0.15) is 24.0 Å². The second-order valence-corrected chi connectivity index (χ2v) is 4.07. The number of carboxylic acid groups (broad SMARTS) is 1. The summed E-state index contributed by atoms with van der Waals surface area (Å²) in [4.78, 5) is 11.2. The fourth-order valence-electron chi connectivity index (χ4n) is 1.92. The van der Waals surface area contributed by atoms with E-state index in [4.69, 9.17) is 10.00 Å². The molecule has 88 valence electrons. The Balaban J connectivity index is 2.61. The SMILES string of the molecule is COc1cc(O)c(C#N)cc1C1(C(=O)O)CC1. The van der Waals surface area contributed by atoms with E-state index in [1.54, 1.807) is 0 Å². The first-order chi connectivity index (χ1) is 8.05. The summed E-state index contributed by atoms with van der Waals surface area (Å²) in [6.07, 6.45) is 1.04. The minimum absolute atomic E-state index is 0.0633. The number of aromatic hydroxyl groups is 1. The van der Waals surface area contributed by atoms with E-state index < -0.39 is 11.4 Å². The highest BCUT2D eigenvalue weighted by Gasteiger charge is 2.53. The molecule has 1 saturated carbocycles. The number of methoxy groups -OCH3 is 1. The zero-order chi connectivity index (χ0) is 12.6. The molecule has 1 aromatic rings. The molecular formula is C12H11NO4. The van der Waals surface area contributed by atoms with Gasteiger partial charge in [0.15, 0.2) is 0 Å². The highest BCUT2D eigenvalue weighted by atomic mass is 16.5. The van der Waals surface area contributed by atoms with Crippen molar-refractivity contribution in [2.45, 2.75) is 18.3 Å². The van der Waals surface area contributed by atoms with Crippen molar-refractivity contribution in [2.75, 3.05) is 7.11 Å². The summed E-state index contributed by atoms with van der Waals surface area (Å²) in [5, 5.41) is 27.6. The number of rotatable bonds is 3. The van der Waals surface area contributed by atoms with Gasteiger partial charge < -0.3 is 14.9 Å². The molecule has 1 aliphatic rings. The molecule has 0 aromatic heterocycles. The molecule has 0 bridgehead atoms. The van der Waals surface area contributed by atoms with Crippen LogP contribution in [0, 0.1) is 11.3 Å². The van der Waals surface area contributed by atoms with Gasteiger partial charge in [-0.25, -0.2) is 0 Å². The van der Waals surface area contributed by atoms with Crippen molar-refractivity contribution >= 4 is 5.97 Å². The summed E-state index contributed by atoms with van der Waals surface area (Å²) in [6.45, 7) is 0. The number of nitrogens with zero attached hydrogens (tertiary/aromatic N) is 1. The molecule has 0 amide bonds. The first-order valence-corrected chi connectivity index (χ1v) is 5.10. The number of aliphatic carboxylic acids is 1. The molecule has 0 saturated heterocycles. The normalized spacial score (nSPS) is 16.0. The van der Waals surface area contributed by atoms with Crippen LogP contribution in [0.25, 0.3) is 0 Å². The minimum atomic E-state index is -0.954. The van der Waals surface area contributed by atoms with Gasteiger partial charge in [0.1, 0.15) is 17.6 Å². The quantitative estimate of drug-likeness (QED) is 0.823. The second kappa shape index (κ2) is 3.67. The number of benzene rings is 1. The van der Waals surface area contributed by atoms with E-state index in [1.165, 1.54) is 19.2 Å². The van der Waals surface area contributed by atoms with E-state index in [2.05, 4.69) is 0 Å². The molecule has 0 atom stereocenters. The molecule has 0 heterocycles. The number of phenolic OH excluding ortho intramolecular Hbond substituents is 1. The van der Waals surface area contributed by atoms with Gasteiger partial charge in [-0.15, -0.1) is 0 Å². The van der Waals surface area contributed by atoms with Gasteiger partial charge in [-0.3, -0.25) is 4.79 Å². The molecule has 0 radical (unpaired) electrons. The third kappa shape index (κ3) is 1.58. The number of hydrogen-bond acceptors (Lipinski definition) is 4. The maximum Gasteiger partial charge on any atom is 0.314 e. The van der Waals surface area contributed by atoms with Crippen LogP contribution in [0.5, 0.6) is 11.5 Å². The Morgan fingerprint density at radius 3 is 2.59 bits per heavy atom. The van der Waals surface area contributed by atoms with Gasteiger partial charge in [-0.1, -0.05) is 0 Å². The van der Waals surface area contributed by atoms with Crippen LogP contribution >= 0.6 is 0 Å². The first-order valence-electron chi connectivity index (χ1n) is 5.10. The molecule has 2 rings (SSSR count). The number of carboxylic acids is 1. The highest BCUT2D eigenvalue weighted by molar-refractivity contribution is 5.86. The zero-order valence-corrected chi connectivity index (χ0v) is 9.23. The molecule has 17 heavy (non-hydrogen) atoms. The van der Waals surface area contributed by atoms with Crippen molar-refractivity contribution in [3.05, 3.63) is 23.3 Å². The van der Waals surface area contributed by atoms with E-state index in [0.29, 0.717) is 24.2 Å². The number of nitriles is 1. The predicted octanol–water partition coefficient (Wildman–Crippen LogP) is 1.39. The summed E-state index contributed by atoms with van der Waals surface area (Å²) in [5.74, 6) is -0.818. The van der Waals surface area contributed by atoms with E-state index in [9.17, 15) is 15.0 Å². The van der Waals surface area contributed by atoms with Gasteiger partial charge in [0.05, 0.1) is 18.1 Å². The summed E-state index contributed by atoms with van der Waals surface area (Å²) < 4.78 is 5.07. The third-order valence-electron chi connectivity index (χ3n) is 3.11. The van der Waals surface area contributed by atoms with Crippen molar-refractivity contribution < 1.29 is 19.7 Å². The van der Waals surface area contributed by atoms with Gasteiger partial charge in [-0.2, -0.15) is 5.26 Å². The molecule has 0 spiro atoms. The second-order valence-electron chi connectivity index (χ2n) is 4.07. The maximum absolute atomic E-state index is 11.2. The lowest BCUT2D eigenvalue weighted by atomic mass is 9.93. The Morgan fingerprint density at radius 1 is 1.53 bits per heavy atom. The van der Waals surface area contributed by atoms with Crippen LogP contribution in [0.3, 0.4) is 0 Å².